The summed E-state index contributed by atoms with van der Waals surface area (Å²) in [5.74, 6) is -1.29. The van der Waals surface area contributed by atoms with E-state index in [1.807, 2.05) is 6.92 Å². The topological polar surface area (TPSA) is 53.4 Å². The van der Waals surface area contributed by atoms with Crippen LogP contribution in [0.5, 0.6) is 0 Å². The van der Waals surface area contributed by atoms with Crippen molar-refractivity contribution in [3.63, 3.8) is 0 Å². The summed E-state index contributed by atoms with van der Waals surface area (Å²) in [7, 11) is 1.74. The lowest BCUT2D eigenvalue weighted by molar-refractivity contribution is -0.150. The monoisotopic (exact) mass is 254 g/mol. The minimum atomic E-state index is -1.00. The fourth-order valence-electron chi connectivity index (χ4n) is 1.81. The van der Waals surface area contributed by atoms with Gasteiger partial charge < -0.3 is 5.11 Å². The largest absolute Gasteiger partial charge is 0.480 e. The summed E-state index contributed by atoms with van der Waals surface area (Å²) in [6.45, 7) is 5.23. The predicted octanol–water partition coefficient (Wildman–Crippen LogP) is 2.47. The Morgan fingerprint density at radius 3 is 2.56 bits per heavy atom. The van der Waals surface area contributed by atoms with E-state index < -0.39 is 17.3 Å². The van der Waals surface area contributed by atoms with Crippen LogP contribution in [0.15, 0.2) is 18.3 Å². The van der Waals surface area contributed by atoms with Crippen LogP contribution in [0.3, 0.4) is 0 Å². The smallest absolute Gasteiger partial charge is 0.323 e. The van der Waals surface area contributed by atoms with Crippen LogP contribution in [0.1, 0.15) is 38.9 Å². The summed E-state index contributed by atoms with van der Waals surface area (Å²) in [5.41, 5.74) is -0.327. The molecule has 100 valence electrons. The molecule has 5 heteroatoms. The fourth-order valence-corrected chi connectivity index (χ4v) is 1.81. The molecular formula is C13H19FN2O2. The van der Waals surface area contributed by atoms with Crippen molar-refractivity contribution >= 4 is 5.97 Å². The van der Waals surface area contributed by atoms with Gasteiger partial charge in [0.15, 0.2) is 0 Å². The molecule has 0 spiro atoms. The minimum absolute atomic E-state index is 0.156. The van der Waals surface area contributed by atoms with Crippen LogP contribution in [-0.2, 0) is 4.79 Å². The Hall–Kier alpha value is -1.49. The molecule has 0 aliphatic carbocycles. The molecule has 0 radical (unpaired) electrons. The van der Waals surface area contributed by atoms with Gasteiger partial charge in [0, 0.05) is 0 Å². The second-order valence-corrected chi connectivity index (χ2v) is 4.80. The van der Waals surface area contributed by atoms with E-state index in [1.165, 1.54) is 6.07 Å². The Kier molecular flexibility index (Phi) is 4.40. The predicted molar refractivity (Wildman–Crippen MR) is 66.7 cm³/mol. The number of carboxylic acid groups (broad SMARTS) is 1. The minimum Gasteiger partial charge on any atom is -0.480 e. The van der Waals surface area contributed by atoms with Crippen LogP contribution >= 0.6 is 0 Å². The van der Waals surface area contributed by atoms with E-state index in [-0.39, 0.29) is 6.04 Å². The first kappa shape index (κ1) is 14.6. The molecule has 1 N–H and O–H groups in total. The third-order valence-corrected chi connectivity index (χ3v) is 3.35. The van der Waals surface area contributed by atoms with Gasteiger partial charge in [0.05, 0.1) is 17.9 Å². The van der Waals surface area contributed by atoms with E-state index in [2.05, 4.69) is 4.98 Å². The van der Waals surface area contributed by atoms with E-state index in [0.717, 1.165) is 6.20 Å². The van der Waals surface area contributed by atoms with Crippen molar-refractivity contribution in [1.82, 2.24) is 9.88 Å². The van der Waals surface area contributed by atoms with Crippen LogP contribution in [0.2, 0.25) is 0 Å². The van der Waals surface area contributed by atoms with Gasteiger partial charge in [-0.3, -0.25) is 14.7 Å². The van der Waals surface area contributed by atoms with Crippen LogP contribution in [0.4, 0.5) is 4.39 Å². The first-order valence-electron chi connectivity index (χ1n) is 5.88. The number of hydrogen-bond acceptors (Lipinski definition) is 3. The van der Waals surface area contributed by atoms with Gasteiger partial charge in [-0.25, -0.2) is 4.39 Å². The molecule has 18 heavy (non-hydrogen) atoms. The highest BCUT2D eigenvalue weighted by atomic mass is 19.1. The normalized spacial score (nSPS) is 13.7. The highest BCUT2D eigenvalue weighted by Crippen LogP contribution is 2.28. The zero-order valence-corrected chi connectivity index (χ0v) is 11.1. The van der Waals surface area contributed by atoms with Gasteiger partial charge in [0.25, 0.3) is 0 Å². The lowest BCUT2D eigenvalue weighted by Crippen LogP contribution is -2.49. The Bertz CT molecular complexity index is 418. The maximum Gasteiger partial charge on any atom is 0.323 e. The number of hydrogen-bond donors (Lipinski definition) is 1. The molecule has 0 fully saturated rings. The molecule has 0 aliphatic rings. The van der Waals surface area contributed by atoms with Gasteiger partial charge in [0.1, 0.15) is 11.4 Å². The molecule has 4 nitrogen and oxygen atoms in total. The van der Waals surface area contributed by atoms with E-state index in [1.54, 1.807) is 31.9 Å². The Labute approximate surface area is 106 Å². The number of aromatic nitrogens is 1. The van der Waals surface area contributed by atoms with Crippen molar-refractivity contribution in [2.75, 3.05) is 7.05 Å². The number of aliphatic carboxylic acids is 1. The Morgan fingerprint density at radius 1 is 1.56 bits per heavy atom. The summed E-state index contributed by atoms with van der Waals surface area (Å²) in [5, 5.41) is 9.23. The number of pyridine rings is 1. The summed E-state index contributed by atoms with van der Waals surface area (Å²) >= 11 is 0. The van der Waals surface area contributed by atoms with Crippen LogP contribution in [0, 0.1) is 5.82 Å². The molecule has 1 rings (SSSR count). The number of halogens is 1. The van der Waals surface area contributed by atoms with Gasteiger partial charge in [0.2, 0.25) is 0 Å². The summed E-state index contributed by atoms with van der Waals surface area (Å²) < 4.78 is 12.8. The second-order valence-electron chi connectivity index (χ2n) is 4.80. The molecule has 0 aromatic carbocycles. The molecule has 0 aliphatic heterocycles. The highest BCUT2D eigenvalue weighted by Gasteiger charge is 2.36. The van der Waals surface area contributed by atoms with Gasteiger partial charge in [-0.2, -0.15) is 0 Å². The van der Waals surface area contributed by atoms with Gasteiger partial charge in [-0.05, 0) is 39.4 Å². The van der Waals surface area contributed by atoms with E-state index in [4.69, 9.17) is 0 Å². The number of carboxylic acids is 1. The van der Waals surface area contributed by atoms with Gasteiger partial charge in [-0.1, -0.05) is 6.92 Å². The second kappa shape index (κ2) is 5.44. The number of carbonyl (C=O) groups is 1. The fraction of sp³-hybridized carbons (Fsp3) is 0.538. The van der Waals surface area contributed by atoms with E-state index in [0.29, 0.717) is 12.1 Å². The third kappa shape index (κ3) is 2.85. The summed E-state index contributed by atoms with van der Waals surface area (Å²) in [4.78, 5) is 17.0. The molecular weight excluding hydrogens is 235 g/mol. The number of likely N-dealkylation sites (N-methyl/N-ethyl adjacent to an activating group) is 1. The van der Waals surface area contributed by atoms with Crippen molar-refractivity contribution in [3.05, 3.63) is 29.8 Å². The average molecular weight is 254 g/mol. The third-order valence-electron chi connectivity index (χ3n) is 3.35. The molecule has 1 atom stereocenters. The lowest BCUT2D eigenvalue weighted by atomic mass is 9.98. The zero-order chi connectivity index (χ0) is 13.9. The first-order chi connectivity index (χ1) is 8.30. The molecule has 1 heterocycles. The maximum absolute atomic E-state index is 12.8. The molecule has 0 saturated heterocycles. The quantitative estimate of drug-likeness (QED) is 0.877. The lowest BCUT2D eigenvalue weighted by Gasteiger charge is -2.37. The first-order valence-corrected chi connectivity index (χ1v) is 5.88. The van der Waals surface area contributed by atoms with Crippen molar-refractivity contribution < 1.29 is 14.3 Å². The van der Waals surface area contributed by atoms with Crippen LogP contribution in [-0.4, -0.2) is 33.5 Å². The van der Waals surface area contributed by atoms with Gasteiger partial charge >= 0.3 is 5.97 Å². The van der Waals surface area contributed by atoms with Gasteiger partial charge in [-0.15, -0.1) is 0 Å². The molecule has 0 amide bonds. The Morgan fingerprint density at radius 2 is 2.17 bits per heavy atom. The molecule has 0 saturated carbocycles. The van der Waals surface area contributed by atoms with Crippen LogP contribution in [0.25, 0.3) is 0 Å². The van der Waals surface area contributed by atoms with Crippen molar-refractivity contribution in [3.8, 4) is 0 Å². The SMILES string of the molecule is CCC(c1ccc(F)cn1)N(C)C(C)(C)C(=O)O. The van der Waals surface area contributed by atoms with Crippen molar-refractivity contribution in [2.24, 2.45) is 0 Å². The van der Waals surface area contributed by atoms with Crippen molar-refractivity contribution in [1.29, 1.82) is 0 Å². The summed E-state index contributed by atoms with van der Waals surface area (Å²) in [6.07, 6.45) is 1.85. The molecule has 1 aromatic heterocycles. The summed E-state index contributed by atoms with van der Waals surface area (Å²) in [6, 6.07) is 2.78. The molecule has 1 unspecified atom stereocenters. The van der Waals surface area contributed by atoms with E-state index in [9.17, 15) is 14.3 Å². The maximum atomic E-state index is 12.8. The highest BCUT2D eigenvalue weighted by molar-refractivity contribution is 5.77. The van der Waals surface area contributed by atoms with E-state index >= 15 is 0 Å². The molecule has 1 aromatic rings. The van der Waals surface area contributed by atoms with Crippen LogP contribution < -0.4 is 0 Å². The number of nitrogens with zero attached hydrogens (tertiary/aromatic N) is 2. The number of rotatable bonds is 5. The Balaban J connectivity index is 3.03. The molecule has 0 bridgehead atoms. The standard InChI is InChI=1S/C13H19FN2O2/c1-5-11(10-7-6-9(14)8-15-10)16(4)13(2,3)12(17)18/h6-8,11H,5H2,1-4H3,(H,17,18). The zero-order valence-electron chi connectivity index (χ0n) is 11.1. The average Bonchev–Trinajstić information content (AvgIpc) is 2.32. The van der Waals surface area contributed by atoms with Crippen molar-refractivity contribution in [2.45, 2.75) is 38.8 Å².